The molecule has 18 heavy (non-hydrogen) atoms. The Morgan fingerprint density at radius 3 is 2.67 bits per heavy atom. The fourth-order valence-electron chi connectivity index (χ4n) is 1.61. The monoisotopic (exact) mass is 261 g/mol. The third-order valence-electron chi connectivity index (χ3n) is 2.37. The number of pyridine rings is 1. The van der Waals surface area contributed by atoms with Crippen molar-refractivity contribution in [1.82, 2.24) is 9.55 Å². The third kappa shape index (κ3) is 1.89. The molecule has 4 nitrogen and oxygen atoms in total. The molecule has 1 amide bonds. The van der Waals surface area contributed by atoms with E-state index in [1.165, 1.54) is 18.3 Å². The van der Waals surface area contributed by atoms with Crippen LogP contribution in [0, 0.1) is 0 Å². The Kier molecular flexibility index (Phi) is 2.72. The van der Waals surface area contributed by atoms with Gasteiger partial charge in [-0.15, -0.1) is 0 Å². The fraction of sp³-hybridized carbons (Fsp3) is 0.200. The lowest BCUT2D eigenvalue weighted by Crippen LogP contribution is -2.22. The van der Waals surface area contributed by atoms with Gasteiger partial charge in [0.15, 0.2) is 0 Å². The van der Waals surface area contributed by atoms with Crippen molar-refractivity contribution in [2.24, 2.45) is 5.73 Å². The van der Waals surface area contributed by atoms with Crippen molar-refractivity contribution in [1.29, 1.82) is 0 Å². The van der Waals surface area contributed by atoms with Crippen molar-refractivity contribution in [3.05, 3.63) is 30.1 Å². The van der Waals surface area contributed by atoms with Gasteiger partial charge in [-0.1, -0.05) is 0 Å². The Balaban J connectivity index is 2.69. The van der Waals surface area contributed by atoms with Crippen LogP contribution in [0.3, 0.4) is 0 Å². The quantitative estimate of drug-likeness (QED) is 0.842. The highest BCUT2D eigenvalue weighted by atomic mass is 19.4. The zero-order chi connectivity index (χ0) is 13.5. The van der Waals surface area contributed by atoms with Gasteiger partial charge in [-0.2, -0.15) is 13.2 Å². The molecule has 0 aliphatic rings. The minimum absolute atomic E-state index is 0.0805. The second-order valence-corrected chi connectivity index (χ2v) is 3.57. The van der Waals surface area contributed by atoms with E-state index >= 15 is 0 Å². The summed E-state index contributed by atoms with van der Waals surface area (Å²) in [5, 5.41) is 0.0805. The first-order valence-corrected chi connectivity index (χ1v) is 4.78. The highest BCUT2D eigenvalue weighted by Crippen LogP contribution is 2.34. The second kappa shape index (κ2) is 3.97. The van der Waals surface area contributed by atoms with Crippen LogP contribution < -0.4 is 5.73 Å². The predicted molar refractivity (Wildman–Crippen MR) is 54.5 cm³/mol. The number of primary amides is 1. The van der Waals surface area contributed by atoms with Crippen LogP contribution in [0.1, 0.15) is 16.7 Å². The molecular formula is C10H7F4N3O. The maximum absolute atomic E-state index is 13.3. The van der Waals surface area contributed by atoms with Gasteiger partial charge in [0.05, 0.1) is 5.56 Å². The molecule has 2 aromatic rings. The first kappa shape index (κ1) is 12.3. The first-order valence-electron chi connectivity index (χ1n) is 4.78. The van der Waals surface area contributed by atoms with Gasteiger partial charge in [0.1, 0.15) is 5.65 Å². The molecule has 0 saturated carbocycles. The number of halogens is 4. The van der Waals surface area contributed by atoms with Gasteiger partial charge in [-0.25, -0.2) is 9.37 Å². The van der Waals surface area contributed by atoms with Crippen LogP contribution in [0.25, 0.3) is 11.0 Å². The number of fused-ring (bicyclic) bond motifs is 1. The number of carbonyl (C=O) groups excluding carboxylic acids is 1. The predicted octanol–water partition coefficient (Wildman–Crippen LogP) is 2.17. The number of carbonyl (C=O) groups is 1. The highest BCUT2D eigenvalue weighted by molar-refractivity contribution is 6.05. The number of amides is 1. The summed E-state index contributed by atoms with van der Waals surface area (Å²) in [6, 6.07) is 2.77. The van der Waals surface area contributed by atoms with E-state index in [-0.39, 0.29) is 21.2 Å². The molecule has 0 spiro atoms. The Labute approximate surface area is 98.0 Å². The largest absolute Gasteiger partial charge is 0.439 e. The van der Waals surface area contributed by atoms with Gasteiger partial charge >= 0.3 is 6.18 Å². The van der Waals surface area contributed by atoms with E-state index in [4.69, 9.17) is 5.73 Å². The lowest BCUT2D eigenvalue weighted by molar-refractivity contribution is -0.203. The molecule has 2 aromatic heterocycles. The Hall–Kier alpha value is -2.12. The van der Waals surface area contributed by atoms with Gasteiger partial charge in [0.2, 0.25) is 0 Å². The molecule has 0 aliphatic heterocycles. The van der Waals surface area contributed by atoms with Crippen LogP contribution in [-0.4, -0.2) is 21.6 Å². The molecule has 2 rings (SSSR count). The molecule has 8 heteroatoms. The summed E-state index contributed by atoms with van der Waals surface area (Å²) in [5.74, 6) is -0.943. The van der Waals surface area contributed by atoms with E-state index in [1.54, 1.807) is 0 Å². The summed E-state index contributed by atoms with van der Waals surface area (Å²) < 4.78 is 50.5. The maximum Gasteiger partial charge on any atom is 0.439 e. The van der Waals surface area contributed by atoms with Crippen LogP contribution in [0.2, 0.25) is 0 Å². The van der Waals surface area contributed by atoms with Crippen molar-refractivity contribution >= 4 is 16.9 Å². The van der Waals surface area contributed by atoms with E-state index in [0.717, 1.165) is 6.20 Å². The van der Waals surface area contributed by atoms with Crippen molar-refractivity contribution in [2.45, 2.75) is 12.5 Å². The molecular weight excluding hydrogens is 254 g/mol. The number of hydrogen-bond acceptors (Lipinski definition) is 2. The van der Waals surface area contributed by atoms with Crippen molar-refractivity contribution in [3.63, 3.8) is 0 Å². The van der Waals surface area contributed by atoms with E-state index in [2.05, 4.69) is 4.98 Å². The van der Waals surface area contributed by atoms with Gasteiger partial charge in [-0.3, -0.25) is 9.36 Å². The first-order chi connectivity index (χ1) is 8.32. The number of nitrogens with two attached hydrogens (primary N) is 1. The van der Waals surface area contributed by atoms with Gasteiger partial charge in [-0.05, 0) is 12.1 Å². The Morgan fingerprint density at radius 2 is 2.11 bits per heavy atom. The topological polar surface area (TPSA) is 60.9 Å². The van der Waals surface area contributed by atoms with Crippen LogP contribution >= 0.6 is 0 Å². The van der Waals surface area contributed by atoms with E-state index in [1.807, 2.05) is 0 Å². The summed E-state index contributed by atoms with van der Waals surface area (Å²) in [7, 11) is 0. The molecule has 0 fully saturated rings. The number of nitrogens with zero attached hydrogens (tertiary/aromatic N) is 2. The SMILES string of the molecule is NC(=O)c1cn(C(F)C(F)(F)F)c2ncccc12. The molecule has 96 valence electrons. The zero-order valence-corrected chi connectivity index (χ0v) is 8.78. The van der Waals surface area contributed by atoms with Crippen molar-refractivity contribution in [2.75, 3.05) is 0 Å². The van der Waals surface area contributed by atoms with Crippen molar-refractivity contribution in [3.8, 4) is 0 Å². The van der Waals surface area contributed by atoms with Gasteiger partial charge in [0.25, 0.3) is 12.2 Å². The summed E-state index contributed by atoms with van der Waals surface area (Å²) in [6.07, 6.45) is -6.44. The lowest BCUT2D eigenvalue weighted by atomic mass is 10.2. The average Bonchev–Trinajstić information content (AvgIpc) is 2.66. The van der Waals surface area contributed by atoms with E-state index in [9.17, 15) is 22.4 Å². The van der Waals surface area contributed by atoms with Crippen LogP contribution in [0.15, 0.2) is 24.5 Å². The molecule has 1 unspecified atom stereocenters. The highest BCUT2D eigenvalue weighted by Gasteiger charge is 2.42. The molecule has 0 aromatic carbocycles. The Bertz CT molecular complexity index is 605. The standard InChI is InChI=1S/C10H7F4N3O/c11-9(10(12,13)14)17-4-6(7(15)18)5-2-1-3-16-8(5)17/h1-4,9H,(H2,15,18). The van der Waals surface area contributed by atoms with E-state index < -0.39 is 18.4 Å². The average molecular weight is 261 g/mol. The number of hydrogen-bond donors (Lipinski definition) is 1. The molecule has 1 atom stereocenters. The normalized spacial score (nSPS) is 13.8. The molecule has 0 aliphatic carbocycles. The minimum Gasteiger partial charge on any atom is -0.366 e. The van der Waals surface area contributed by atoms with Gasteiger partial charge < -0.3 is 5.73 Å². The summed E-state index contributed by atoms with van der Waals surface area (Å²) in [6.45, 7) is 0. The Morgan fingerprint density at radius 1 is 1.44 bits per heavy atom. The summed E-state index contributed by atoms with van der Waals surface area (Å²) in [4.78, 5) is 14.7. The number of alkyl halides is 4. The fourth-order valence-corrected chi connectivity index (χ4v) is 1.61. The molecule has 2 heterocycles. The van der Waals surface area contributed by atoms with Crippen LogP contribution in [0.5, 0.6) is 0 Å². The third-order valence-corrected chi connectivity index (χ3v) is 2.37. The van der Waals surface area contributed by atoms with Crippen LogP contribution in [-0.2, 0) is 0 Å². The molecule has 0 radical (unpaired) electrons. The number of aromatic nitrogens is 2. The minimum atomic E-state index is -5.08. The number of rotatable bonds is 2. The summed E-state index contributed by atoms with van der Waals surface area (Å²) >= 11 is 0. The summed E-state index contributed by atoms with van der Waals surface area (Å²) in [5.41, 5.74) is 4.53. The lowest BCUT2D eigenvalue weighted by Gasteiger charge is -2.14. The second-order valence-electron chi connectivity index (χ2n) is 3.57. The molecule has 0 bridgehead atoms. The molecule has 2 N–H and O–H groups in total. The maximum atomic E-state index is 13.3. The van der Waals surface area contributed by atoms with Gasteiger partial charge in [0, 0.05) is 17.8 Å². The zero-order valence-electron chi connectivity index (χ0n) is 8.78. The smallest absolute Gasteiger partial charge is 0.366 e. The van der Waals surface area contributed by atoms with E-state index in [0.29, 0.717) is 0 Å². The van der Waals surface area contributed by atoms with Crippen molar-refractivity contribution < 1.29 is 22.4 Å². The molecule has 0 saturated heterocycles. The van der Waals surface area contributed by atoms with Crippen LogP contribution in [0.4, 0.5) is 17.6 Å².